The Morgan fingerprint density at radius 3 is 2.15 bits per heavy atom. The highest BCUT2D eigenvalue weighted by molar-refractivity contribution is 7.89. The average molecular weight is 595 g/mol. The number of rotatable bonds is 6. The summed E-state index contributed by atoms with van der Waals surface area (Å²) in [5.41, 5.74) is 1.15. The van der Waals surface area contributed by atoms with Crippen molar-refractivity contribution in [1.82, 2.24) is 19.1 Å². The fraction of sp³-hybridized carbons (Fsp3) is 0.261. The highest BCUT2D eigenvalue weighted by atomic mass is 32.2. The van der Waals surface area contributed by atoms with Gasteiger partial charge in [-0.25, -0.2) is 26.9 Å². The Bertz CT molecular complexity index is 1560. The Hall–Kier alpha value is -3.86. The van der Waals surface area contributed by atoms with Gasteiger partial charge in [0.15, 0.2) is 5.82 Å². The summed E-state index contributed by atoms with van der Waals surface area (Å²) in [4.78, 5) is 15.5. The average Bonchev–Trinajstić information content (AvgIpc) is 3.47. The number of aromatic nitrogens is 3. The van der Waals surface area contributed by atoms with E-state index < -0.39 is 81.1 Å². The summed E-state index contributed by atoms with van der Waals surface area (Å²) in [5.74, 6) is -4.87. The Balaban J connectivity index is 1.71. The van der Waals surface area contributed by atoms with Gasteiger partial charge in [-0.2, -0.15) is 30.6 Å². The van der Waals surface area contributed by atoms with Crippen LogP contribution in [0.1, 0.15) is 23.1 Å². The van der Waals surface area contributed by atoms with Gasteiger partial charge in [0.1, 0.15) is 6.33 Å². The lowest BCUT2D eigenvalue weighted by Gasteiger charge is -2.17. The molecule has 1 saturated heterocycles. The van der Waals surface area contributed by atoms with Crippen molar-refractivity contribution in [3.05, 3.63) is 65.5 Å². The number of sulfonamides is 1. The molecule has 17 heteroatoms. The molecule has 0 atom stereocenters. The number of amides is 1. The lowest BCUT2D eigenvalue weighted by Crippen LogP contribution is -2.31. The zero-order chi connectivity index (χ0) is 29.7. The standard InChI is InChI=1S/C23H17F8N5O3S/c24-21(25)4-5-36(11-21)40(38,39)17-3-1-2-13(8-17)18(19(32)37)10-35-12-33-20(34-35)14-6-15(22(26,27)28)9-16(7-14)23(29,30)31/h1-3,6-10,12H,4-5,11H2,(H2,32,37)/b18-10+. The molecule has 4 rings (SSSR count). The molecule has 2 N–H and O–H groups in total. The first-order valence-corrected chi connectivity index (χ1v) is 12.5. The third kappa shape index (κ3) is 6.14. The first-order chi connectivity index (χ1) is 18.4. The molecular weight excluding hydrogens is 578 g/mol. The summed E-state index contributed by atoms with van der Waals surface area (Å²) < 4.78 is 133. The minimum absolute atomic E-state index is 0.0596. The fourth-order valence-electron chi connectivity index (χ4n) is 3.85. The predicted molar refractivity (Wildman–Crippen MR) is 124 cm³/mol. The molecule has 0 unspecified atom stereocenters. The summed E-state index contributed by atoms with van der Waals surface area (Å²) in [6.07, 6.45) is -9.07. The smallest absolute Gasteiger partial charge is 0.366 e. The van der Waals surface area contributed by atoms with Crippen LogP contribution < -0.4 is 5.73 Å². The number of nitrogens with zero attached hydrogens (tertiary/aromatic N) is 4. The molecule has 214 valence electrons. The number of halogens is 8. The number of nitrogens with two attached hydrogens (primary N) is 1. The number of hydrogen-bond donors (Lipinski definition) is 1. The van der Waals surface area contributed by atoms with Crippen molar-refractivity contribution in [2.75, 3.05) is 13.1 Å². The lowest BCUT2D eigenvalue weighted by molar-refractivity contribution is -0.143. The van der Waals surface area contributed by atoms with Crippen molar-refractivity contribution in [3.63, 3.8) is 0 Å². The van der Waals surface area contributed by atoms with E-state index in [0.29, 0.717) is 16.4 Å². The molecule has 2 aromatic carbocycles. The summed E-state index contributed by atoms with van der Waals surface area (Å²) in [7, 11) is -4.37. The molecule has 1 aliphatic rings. The van der Waals surface area contributed by atoms with Crippen LogP contribution >= 0.6 is 0 Å². The minimum atomic E-state index is -5.10. The van der Waals surface area contributed by atoms with Gasteiger partial charge in [0.05, 0.1) is 28.1 Å². The monoisotopic (exact) mass is 595 g/mol. The molecule has 2 heterocycles. The Morgan fingerprint density at radius 2 is 1.62 bits per heavy atom. The molecule has 0 aliphatic carbocycles. The number of benzene rings is 2. The Labute approximate surface area is 220 Å². The van der Waals surface area contributed by atoms with Crippen LogP contribution in [0.3, 0.4) is 0 Å². The molecule has 1 aliphatic heterocycles. The molecule has 0 bridgehead atoms. The van der Waals surface area contributed by atoms with Crippen molar-refractivity contribution in [3.8, 4) is 11.4 Å². The van der Waals surface area contributed by atoms with Crippen molar-refractivity contribution in [1.29, 1.82) is 0 Å². The molecule has 0 spiro atoms. The molecule has 3 aromatic rings. The van der Waals surface area contributed by atoms with Crippen molar-refractivity contribution in [2.24, 2.45) is 5.73 Å². The quantitative estimate of drug-likeness (QED) is 0.334. The summed E-state index contributed by atoms with van der Waals surface area (Å²) in [6, 6.07) is 5.40. The number of alkyl halides is 8. The summed E-state index contributed by atoms with van der Waals surface area (Å²) in [5, 5.41) is 3.80. The van der Waals surface area contributed by atoms with Crippen molar-refractivity contribution >= 4 is 27.7 Å². The van der Waals surface area contributed by atoms with E-state index >= 15 is 0 Å². The fourth-order valence-corrected chi connectivity index (χ4v) is 5.36. The van der Waals surface area contributed by atoms with Crippen LogP contribution in [0.2, 0.25) is 0 Å². The number of hydrogen-bond acceptors (Lipinski definition) is 5. The van der Waals surface area contributed by atoms with Gasteiger partial charge in [-0.1, -0.05) is 12.1 Å². The van der Waals surface area contributed by atoms with Gasteiger partial charge in [0.25, 0.3) is 11.8 Å². The highest BCUT2D eigenvalue weighted by Gasteiger charge is 2.44. The molecule has 1 aromatic heterocycles. The van der Waals surface area contributed by atoms with Crippen LogP contribution in [0.5, 0.6) is 0 Å². The summed E-state index contributed by atoms with van der Waals surface area (Å²) in [6.45, 7) is -1.45. The second-order valence-electron chi connectivity index (χ2n) is 8.72. The van der Waals surface area contributed by atoms with Gasteiger partial charge in [0, 0.05) is 24.7 Å². The van der Waals surface area contributed by atoms with E-state index in [1.54, 1.807) is 0 Å². The number of carbonyl (C=O) groups excluding carboxylic acids is 1. The maximum atomic E-state index is 13.6. The number of primary amides is 1. The predicted octanol–water partition coefficient (Wildman–Crippen LogP) is 4.50. The van der Waals surface area contributed by atoms with Crippen molar-refractivity contribution < 1.29 is 48.3 Å². The summed E-state index contributed by atoms with van der Waals surface area (Å²) >= 11 is 0. The Kier molecular flexibility index (Phi) is 7.25. The maximum Gasteiger partial charge on any atom is 0.416 e. The van der Waals surface area contributed by atoms with Gasteiger partial charge in [-0.3, -0.25) is 4.79 Å². The lowest BCUT2D eigenvalue weighted by atomic mass is 10.0. The zero-order valence-corrected chi connectivity index (χ0v) is 20.7. The van der Waals surface area contributed by atoms with Crippen LogP contribution in [-0.2, 0) is 27.2 Å². The van der Waals surface area contributed by atoms with Gasteiger partial charge in [-0.05, 0) is 35.9 Å². The molecule has 8 nitrogen and oxygen atoms in total. The van der Waals surface area contributed by atoms with Gasteiger partial charge < -0.3 is 5.73 Å². The minimum Gasteiger partial charge on any atom is -0.366 e. The Morgan fingerprint density at radius 1 is 1.00 bits per heavy atom. The van der Waals surface area contributed by atoms with E-state index in [2.05, 4.69) is 10.1 Å². The van der Waals surface area contributed by atoms with Crippen molar-refractivity contribution in [2.45, 2.75) is 29.6 Å². The van der Waals surface area contributed by atoms with E-state index in [4.69, 9.17) is 5.73 Å². The third-order valence-corrected chi connectivity index (χ3v) is 7.64. The van der Waals surface area contributed by atoms with E-state index in [-0.39, 0.29) is 17.2 Å². The SMILES string of the molecule is NC(=O)/C(=C/n1cnc(-c2cc(C(F)(F)F)cc(C(F)(F)F)c2)n1)c1cccc(S(=O)(=O)N2CCC(F)(F)C2)c1. The first kappa shape index (κ1) is 29.1. The molecule has 1 fully saturated rings. The van der Waals surface area contributed by atoms with E-state index in [1.807, 2.05) is 0 Å². The number of carbonyl (C=O) groups is 1. The van der Waals surface area contributed by atoms with Crippen LogP contribution in [0.25, 0.3) is 23.2 Å². The zero-order valence-electron chi connectivity index (χ0n) is 19.8. The second kappa shape index (κ2) is 9.96. The van der Waals surface area contributed by atoms with Crippen LogP contribution in [0.4, 0.5) is 35.1 Å². The van der Waals surface area contributed by atoms with Gasteiger partial charge >= 0.3 is 12.4 Å². The molecule has 40 heavy (non-hydrogen) atoms. The third-order valence-electron chi connectivity index (χ3n) is 5.80. The van der Waals surface area contributed by atoms with Crippen LogP contribution in [-0.4, -0.2) is 52.4 Å². The highest BCUT2D eigenvalue weighted by Crippen LogP contribution is 2.38. The van der Waals surface area contributed by atoms with Gasteiger partial charge in [0.2, 0.25) is 10.0 Å². The van der Waals surface area contributed by atoms with Crippen LogP contribution in [0, 0.1) is 0 Å². The van der Waals surface area contributed by atoms with E-state index in [0.717, 1.165) is 29.3 Å². The largest absolute Gasteiger partial charge is 0.416 e. The second-order valence-corrected chi connectivity index (χ2v) is 10.7. The maximum absolute atomic E-state index is 13.6. The normalized spacial score (nSPS) is 16.9. The van der Waals surface area contributed by atoms with E-state index in [9.17, 15) is 48.3 Å². The molecule has 0 radical (unpaired) electrons. The molecule has 1 amide bonds. The van der Waals surface area contributed by atoms with E-state index in [1.165, 1.54) is 12.1 Å². The molecule has 0 saturated carbocycles. The van der Waals surface area contributed by atoms with Gasteiger partial charge in [-0.15, -0.1) is 5.10 Å². The first-order valence-electron chi connectivity index (χ1n) is 11.1. The molecular formula is C23H17F8N5O3S. The topological polar surface area (TPSA) is 111 Å². The van der Waals surface area contributed by atoms with Crippen LogP contribution in [0.15, 0.2) is 53.7 Å².